The van der Waals surface area contributed by atoms with Gasteiger partial charge in [0.25, 0.3) is 0 Å². The molecule has 1 saturated heterocycles. The summed E-state index contributed by atoms with van der Waals surface area (Å²) in [5.41, 5.74) is 1.53. The van der Waals surface area contributed by atoms with Gasteiger partial charge in [-0.1, -0.05) is 30.8 Å². The lowest BCUT2D eigenvalue weighted by Gasteiger charge is -2.35. The predicted molar refractivity (Wildman–Crippen MR) is 127 cm³/mol. The van der Waals surface area contributed by atoms with Crippen LogP contribution in [0.25, 0.3) is 16.8 Å². The molecule has 0 aliphatic carbocycles. The summed E-state index contributed by atoms with van der Waals surface area (Å²) in [6.07, 6.45) is 4.36. The molecule has 9 heteroatoms. The van der Waals surface area contributed by atoms with Crippen molar-refractivity contribution in [2.45, 2.75) is 76.7 Å². The second kappa shape index (κ2) is 9.13. The van der Waals surface area contributed by atoms with Gasteiger partial charge in [0.05, 0.1) is 16.8 Å². The Bertz CT molecular complexity index is 1130. The molecule has 1 N–H and O–H groups in total. The third-order valence-corrected chi connectivity index (χ3v) is 6.74. The topological polar surface area (TPSA) is 84.5 Å². The van der Waals surface area contributed by atoms with Crippen LogP contribution in [0.15, 0.2) is 29.4 Å². The number of hydrogen-bond acceptors (Lipinski definition) is 5. The lowest BCUT2D eigenvalue weighted by Crippen LogP contribution is -2.44. The molecule has 1 atom stereocenters. The number of piperidine rings is 1. The fraction of sp³-hybridized carbons (Fsp3) is 0.565. The van der Waals surface area contributed by atoms with Crippen LogP contribution in [0.3, 0.4) is 0 Å². The van der Waals surface area contributed by atoms with E-state index in [-0.39, 0.29) is 23.9 Å². The van der Waals surface area contributed by atoms with Gasteiger partial charge < -0.3 is 10.2 Å². The van der Waals surface area contributed by atoms with Crippen molar-refractivity contribution in [3.8, 4) is 0 Å². The van der Waals surface area contributed by atoms with E-state index >= 15 is 0 Å². The van der Waals surface area contributed by atoms with Gasteiger partial charge in [0.1, 0.15) is 6.54 Å². The van der Waals surface area contributed by atoms with Crippen molar-refractivity contribution in [1.82, 2.24) is 29.4 Å². The maximum absolute atomic E-state index is 12.9. The van der Waals surface area contributed by atoms with E-state index in [0.717, 1.165) is 36.8 Å². The average Bonchev–Trinajstić information content (AvgIpc) is 3.30. The minimum Gasteiger partial charge on any atom is -0.350 e. The van der Waals surface area contributed by atoms with Crippen molar-refractivity contribution in [3.63, 3.8) is 0 Å². The molecule has 0 unspecified atom stereocenters. The first kappa shape index (κ1) is 22.6. The first-order valence-corrected chi connectivity index (χ1v) is 12.3. The fourth-order valence-corrected chi connectivity index (χ4v) is 5.28. The van der Waals surface area contributed by atoms with Gasteiger partial charge in [-0.3, -0.25) is 18.6 Å². The van der Waals surface area contributed by atoms with E-state index in [1.54, 1.807) is 0 Å². The Balaban J connectivity index is 1.59. The number of carbonyl (C=O) groups is 2. The molecule has 8 nitrogen and oxygen atoms in total. The molecule has 0 radical (unpaired) electrons. The molecular weight excluding hydrogens is 424 g/mol. The summed E-state index contributed by atoms with van der Waals surface area (Å²) >= 11 is 1.41. The number of nitrogens with one attached hydrogen (secondary N) is 1. The van der Waals surface area contributed by atoms with Gasteiger partial charge >= 0.3 is 0 Å². The van der Waals surface area contributed by atoms with Gasteiger partial charge in [-0.05, 0) is 58.6 Å². The molecule has 0 bridgehead atoms. The zero-order valence-corrected chi connectivity index (χ0v) is 20.1. The Kier molecular flexibility index (Phi) is 6.46. The summed E-state index contributed by atoms with van der Waals surface area (Å²) in [4.78, 5) is 27.6. The quantitative estimate of drug-likeness (QED) is 0.574. The van der Waals surface area contributed by atoms with Crippen molar-refractivity contribution < 1.29 is 9.59 Å². The molecule has 172 valence electrons. The van der Waals surface area contributed by atoms with Crippen LogP contribution in [0.1, 0.15) is 53.4 Å². The van der Waals surface area contributed by atoms with E-state index < -0.39 is 0 Å². The van der Waals surface area contributed by atoms with Crippen molar-refractivity contribution >= 4 is 40.4 Å². The zero-order chi connectivity index (χ0) is 22.9. The molecular formula is C23H32N6O2S. The molecule has 4 rings (SSSR count). The number of aromatic nitrogens is 4. The summed E-state index contributed by atoms with van der Waals surface area (Å²) in [5.74, 6) is 1.02. The number of para-hydroxylation sites is 2. The number of imidazole rings is 1. The highest BCUT2D eigenvalue weighted by Crippen LogP contribution is 2.27. The number of nitrogens with zero attached hydrogens (tertiary/aromatic N) is 5. The summed E-state index contributed by atoms with van der Waals surface area (Å²) in [5, 5.41) is 12.4. The molecule has 0 saturated carbocycles. The third-order valence-electron chi connectivity index (χ3n) is 5.83. The van der Waals surface area contributed by atoms with E-state index in [1.165, 1.54) is 18.2 Å². The molecule has 1 aliphatic heterocycles. The Hall–Kier alpha value is -2.55. The van der Waals surface area contributed by atoms with Crippen LogP contribution in [0.5, 0.6) is 0 Å². The molecule has 3 heterocycles. The van der Waals surface area contributed by atoms with Crippen LogP contribution in [0.4, 0.5) is 0 Å². The van der Waals surface area contributed by atoms with Crippen molar-refractivity contribution in [2.24, 2.45) is 0 Å². The number of benzene rings is 1. The second-order valence-corrected chi connectivity index (χ2v) is 10.4. The smallest absolute Gasteiger partial charge is 0.240 e. The number of likely N-dealkylation sites (tertiary alicyclic amines) is 1. The van der Waals surface area contributed by atoms with Crippen molar-refractivity contribution in [3.05, 3.63) is 24.3 Å². The van der Waals surface area contributed by atoms with Gasteiger partial charge in [-0.15, -0.1) is 10.2 Å². The highest BCUT2D eigenvalue weighted by Gasteiger charge is 2.26. The average molecular weight is 457 g/mol. The van der Waals surface area contributed by atoms with Crippen molar-refractivity contribution in [2.75, 3.05) is 12.3 Å². The van der Waals surface area contributed by atoms with Crippen LogP contribution >= 0.6 is 11.8 Å². The van der Waals surface area contributed by atoms with Gasteiger partial charge in [0.2, 0.25) is 17.6 Å². The molecule has 2 amide bonds. The standard InChI is InChI=1S/C23H32N6O2S/c1-5-16-10-8-9-13-27(16)20(31)15-32-22-26-25-21-28(14-19(30)24-23(2,3)4)17-11-6-7-12-18(17)29(21)22/h6-7,11-12,16H,5,8-10,13-15H2,1-4H3,(H,24,30)/t16-/m0/s1. The Morgan fingerprint density at radius 2 is 1.91 bits per heavy atom. The maximum atomic E-state index is 12.9. The molecule has 1 aromatic carbocycles. The summed E-state index contributed by atoms with van der Waals surface area (Å²) in [7, 11) is 0. The molecule has 1 fully saturated rings. The second-order valence-electron chi connectivity index (χ2n) is 9.42. The Labute approximate surface area is 192 Å². The number of rotatable bonds is 6. The lowest BCUT2D eigenvalue weighted by atomic mass is 10.0. The van der Waals surface area contributed by atoms with Crippen molar-refractivity contribution in [1.29, 1.82) is 0 Å². The molecule has 0 spiro atoms. The van der Waals surface area contributed by atoms with Crippen LogP contribution in [0, 0.1) is 0 Å². The highest BCUT2D eigenvalue weighted by molar-refractivity contribution is 7.99. The molecule has 32 heavy (non-hydrogen) atoms. The van der Waals surface area contributed by atoms with Crippen LogP contribution in [-0.4, -0.2) is 59.8 Å². The summed E-state index contributed by atoms with van der Waals surface area (Å²) in [6, 6.07) is 8.23. The predicted octanol–water partition coefficient (Wildman–Crippen LogP) is 3.48. The van der Waals surface area contributed by atoms with Crippen LogP contribution in [-0.2, 0) is 16.1 Å². The summed E-state index contributed by atoms with van der Waals surface area (Å²) < 4.78 is 3.83. The Morgan fingerprint density at radius 3 is 2.62 bits per heavy atom. The van der Waals surface area contributed by atoms with E-state index in [2.05, 4.69) is 22.4 Å². The zero-order valence-electron chi connectivity index (χ0n) is 19.3. The number of carbonyl (C=O) groups excluding carboxylic acids is 2. The van der Waals surface area contributed by atoms with Crippen LogP contribution in [0.2, 0.25) is 0 Å². The Morgan fingerprint density at radius 1 is 1.16 bits per heavy atom. The number of hydrogen-bond donors (Lipinski definition) is 1. The fourth-order valence-electron chi connectivity index (χ4n) is 4.45. The van der Waals surface area contributed by atoms with E-state index in [1.807, 2.05) is 58.9 Å². The molecule has 3 aromatic rings. The lowest BCUT2D eigenvalue weighted by molar-refractivity contribution is -0.132. The van der Waals surface area contributed by atoms with Gasteiger partial charge in [-0.2, -0.15) is 0 Å². The first-order chi connectivity index (χ1) is 15.3. The molecule has 2 aromatic heterocycles. The van der Waals surface area contributed by atoms with Gasteiger partial charge in [0, 0.05) is 18.1 Å². The number of fused-ring (bicyclic) bond motifs is 3. The van der Waals surface area contributed by atoms with Gasteiger partial charge in [0.15, 0.2) is 5.16 Å². The van der Waals surface area contributed by atoms with Crippen LogP contribution < -0.4 is 5.32 Å². The highest BCUT2D eigenvalue weighted by atomic mass is 32.2. The SMILES string of the molecule is CC[C@H]1CCCCN1C(=O)CSc1nnc2n(CC(=O)NC(C)(C)C)c3ccccc3n12. The monoisotopic (exact) mass is 456 g/mol. The van der Waals surface area contributed by atoms with E-state index in [9.17, 15) is 9.59 Å². The minimum absolute atomic E-state index is 0.0798. The maximum Gasteiger partial charge on any atom is 0.240 e. The summed E-state index contributed by atoms with van der Waals surface area (Å²) in [6.45, 7) is 9.03. The van der Waals surface area contributed by atoms with E-state index in [0.29, 0.717) is 22.7 Å². The largest absolute Gasteiger partial charge is 0.350 e. The normalized spacial score (nSPS) is 17.2. The molecule has 1 aliphatic rings. The van der Waals surface area contributed by atoms with Gasteiger partial charge in [-0.25, -0.2) is 0 Å². The number of amides is 2. The number of thioether (sulfide) groups is 1. The minimum atomic E-state index is -0.309. The third kappa shape index (κ3) is 4.62. The first-order valence-electron chi connectivity index (χ1n) is 11.3. The van der Waals surface area contributed by atoms with E-state index in [4.69, 9.17) is 0 Å².